The monoisotopic (exact) mass is 403 g/mol. The largest absolute Gasteiger partial charge is 0.352 e. The maximum Gasteiger partial charge on any atom is 0.252 e. The van der Waals surface area contributed by atoms with Gasteiger partial charge in [0.1, 0.15) is 4.21 Å². The molecule has 8 heteroatoms. The maximum atomic E-state index is 12.9. The smallest absolute Gasteiger partial charge is 0.252 e. The third-order valence-electron chi connectivity index (χ3n) is 4.67. The average Bonchev–Trinajstić information content (AvgIpc) is 3.24. The van der Waals surface area contributed by atoms with Crippen LogP contribution >= 0.6 is 11.3 Å². The molecule has 0 radical (unpaired) electrons. The first-order valence-corrected chi connectivity index (χ1v) is 11.2. The molecule has 2 aromatic rings. The molecule has 0 aliphatic carbocycles. The normalized spacial score (nSPS) is 18.0. The van der Waals surface area contributed by atoms with Crippen molar-refractivity contribution in [1.29, 1.82) is 5.26 Å². The van der Waals surface area contributed by atoms with Crippen molar-refractivity contribution in [2.24, 2.45) is 0 Å². The highest BCUT2D eigenvalue weighted by Gasteiger charge is 2.33. The van der Waals surface area contributed by atoms with Crippen molar-refractivity contribution in [2.45, 2.75) is 35.9 Å². The van der Waals surface area contributed by atoms with Crippen molar-refractivity contribution in [2.75, 3.05) is 13.1 Å². The summed E-state index contributed by atoms with van der Waals surface area (Å²) in [5.74, 6) is -0.219. The summed E-state index contributed by atoms with van der Waals surface area (Å²) in [6, 6.07) is 11.7. The Hall–Kier alpha value is -2.21. The first-order chi connectivity index (χ1) is 13.0. The number of hydrogen-bond acceptors (Lipinski definition) is 5. The molecule has 142 valence electrons. The van der Waals surface area contributed by atoms with Crippen LogP contribution in [0.15, 0.2) is 46.0 Å². The van der Waals surface area contributed by atoms with Crippen molar-refractivity contribution in [3.05, 3.63) is 52.9 Å². The minimum Gasteiger partial charge on any atom is -0.352 e. The standard InChI is InChI=1S/C19H21N3O3S2/c20-14-15-6-8-16(9-7-15)19(23)21-11-10-17-4-1-2-12-22(17)27(24,25)18-5-3-13-26-18/h3,5-9,13,17H,1-2,4,10-12H2,(H,21,23). The fourth-order valence-corrected chi connectivity index (χ4v) is 6.10. The van der Waals surface area contributed by atoms with E-state index in [2.05, 4.69) is 5.32 Å². The number of benzene rings is 1. The van der Waals surface area contributed by atoms with Crippen molar-refractivity contribution < 1.29 is 13.2 Å². The second-order valence-corrected chi connectivity index (χ2v) is 9.50. The van der Waals surface area contributed by atoms with Crippen LogP contribution in [0.5, 0.6) is 0 Å². The predicted octanol–water partition coefficient (Wildman–Crippen LogP) is 2.98. The van der Waals surface area contributed by atoms with E-state index in [9.17, 15) is 13.2 Å². The highest BCUT2D eigenvalue weighted by Crippen LogP contribution is 2.29. The van der Waals surface area contributed by atoms with Crippen LogP contribution in [-0.2, 0) is 10.0 Å². The number of thiophene rings is 1. The summed E-state index contributed by atoms with van der Waals surface area (Å²) >= 11 is 1.23. The zero-order valence-corrected chi connectivity index (χ0v) is 16.4. The summed E-state index contributed by atoms with van der Waals surface area (Å²) in [5, 5.41) is 13.4. The molecule has 1 aliphatic heterocycles. The van der Waals surface area contributed by atoms with Crippen molar-refractivity contribution >= 4 is 27.3 Å². The van der Waals surface area contributed by atoms with Gasteiger partial charge < -0.3 is 5.32 Å². The predicted molar refractivity (Wildman–Crippen MR) is 104 cm³/mol. The Morgan fingerprint density at radius 2 is 2.04 bits per heavy atom. The van der Waals surface area contributed by atoms with Crippen LogP contribution in [0.3, 0.4) is 0 Å². The number of carbonyl (C=O) groups excluding carboxylic acids is 1. The molecule has 1 amide bonds. The molecule has 1 aliphatic rings. The fraction of sp³-hybridized carbons (Fsp3) is 0.368. The van der Waals surface area contributed by atoms with E-state index in [0.717, 1.165) is 19.3 Å². The van der Waals surface area contributed by atoms with Gasteiger partial charge in [0.05, 0.1) is 11.6 Å². The number of nitrogens with zero attached hydrogens (tertiary/aromatic N) is 2. The number of nitriles is 1. The van der Waals surface area contributed by atoms with E-state index in [1.807, 2.05) is 6.07 Å². The van der Waals surface area contributed by atoms with E-state index in [-0.39, 0.29) is 11.9 Å². The van der Waals surface area contributed by atoms with E-state index in [1.165, 1.54) is 11.3 Å². The molecule has 3 rings (SSSR count). The Morgan fingerprint density at radius 1 is 1.26 bits per heavy atom. The van der Waals surface area contributed by atoms with Crippen LogP contribution in [0.2, 0.25) is 0 Å². The topological polar surface area (TPSA) is 90.3 Å². The van der Waals surface area contributed by atoms with Gasteiger partial charge in [-0.2, -0.15) is 9.57 Å². The molecule has 27 heavy (non-hydrogen) atoms. The van der Waals surface area contributed by atoms with Crippen LogP contribution in [0.4, 0.5) is 0 Å². The average molecular weight is 404 g/mol. The van der Waals surface area contributed by atoms with Gasteiger partial charge in [-0.3, -0.25) is 4.79 Å². The number of rotatable bonds is 6. The van der Waals surface area contributed by atoms with Crippen LogP contribution < -0.4 is 5.32 Å². The molecule has 1 fully saturated rings. The highest BCUT2D eigenvalue weighted by atomic mass is 32.2. The van der Waals surface area contributed by atoms with Gasteiger partial charge in [-0.05, 0) is 55.0 Å². The molecular formula is C19H21N3O3S2. The van der Waals surface area contributed by atoms with Crippen molar-refractivity contribution in [3.8, 4) is 6.07 Å². The zero-order valence-electron chi connectivity index (χ0n) is 14.8. The molecule has 1 unspecified atom stereocenters. The first-order valence-electron chi connectivity index (χ1n) is 8.86. The number of sulfonamides is 1. The van der Waals surface area contributed by atoms with Gasteiger partial charge in [0.2, 0.25) is 0 Å². The Bertz CT molecular complexity index is 916. The van der Waals surface area contributed by atoms with Gasteiger partial charge in [0, 0.05) is 24.7 Å². The van der Waals surface area contributed by atoms with E-state index in [1.54, 1.807) is 46.1 Å². The SMILES string of the molecule is N#Cc1ccc(C(=O)NCCC2CCCCN2S(=O)(=O)c2cccs2)cc1. The summed E-state index contributed by atoms with van der Waals surface area (Å²) < 4.78 is 27.7. The molecule has 0 bridgehead atoms. The quantitative estimate of drug-likeness (QED) is 0.803. The lowest BCUT2D eigenvalue weighted by Crippen LogP contribution is -2.44. The highest BCUT2D eigenvalue weighted by molar-refractivity contribution is 7.91. The fourth-order valence-electron chi connectivity index (χ4n) is 3.26. The minimum absolute atomic E-state index is 0.105. The molecule has 1 aromatic heterocycles. The molecular weight excluding hydrogens is 382 g/mol. The molecule has 6 nitrogen and oxygen atoms in total. The Kier molecular flexibility index (Phi) is 6.26. The minimum atomic E-state index is -3.47. The summed E-state index contributed by atoms with van der Waals surface area (Å²) in [6.07, 6.45) is 3.23. The van der Waals surface area contributed by atoms with Crippen LogP contribution in [0.1, 0.15) is 41.6 Å². The first kappa shape index (κ1) is 19.5. The maximum absolute atomic E-state index is 12.9. The van der Waals surface area contributed by atoms with E-state index in [0.29, 0.717) is 34.8 Å². The Morgan fingerprint density at radius 3 is 2.70 bits per heavy atom. The number of hydrogen-bond donors (Lipinski definition) is 1. The van der Waals surface area contributed by atoms with Gasteiger partial charge in [-0.25, -0.2) is 8.42 Å². The summed E-state index contributed by atoms with van der Waals surface area (Å²) in [4.78, 5) is 12.2. The molecule has 2 heterocycles. The molecule has 1 saturated heterocycles. The zero-order chi connectivity index (χ0) is 19.3. The summed E-state index contributed by atoms with van der Waals surface area (Å²) in [6.45, 7) is 0.925. The van der Waals surface area contributed by atoms with Gasteiger partial charge in [0.15, 0.2) is 0 Å². The third kappa shape index (κ3) is 4.56. The summed E-state index contributed by atoms with van der Waals surface area (Å²) in [5.41, 5.74) is 0.990. The van der Waals surface area contributed by atoms with Gasteiger partial charge >= 0.3 is 0 Å². The van der Waals surface area contributed by atoms with Gasteiger partial charge in [-0.15, -0.1) is 11.3 Å². The second kappa shape index (κ2) is 8.65. The summed E-state index contributed by atoms with van der Waals surface area (Å²) in [7, 11) is -3.47. The van der Waals surface area contributed by atoms with Crippen molar-refractivity contribution in [1.82, 2.24) is 9.62 Å². The number of amides is 1. The number of piperidine rings is 1. The second-order valence-electron chi connectivity index (χ2n) is 6.43. The lowest BCUT2D eigenvalue weighted by atomic mass is 10.0. The Balaban J connectivity index is 1.60. The molecule has 1 N–H and O–H groups in total. The van der Waals surface area contributed by atoms with Crippen LogP contribution in [0.25, 0.3) is 0 Å². The third-order valence-corrected chi connectivity index (χ3v) is 8.00. The Labute approximate surface area is 163 Å². The van der Waals surface area contributed by atoms with Gasteiger partial charge in [-0.1, -0.05) is 12.5 Å². The van der Waals surface area contributed by atoms with Crippen molar-refractivity contribution in [3.63, 3.8) is 0 Å². The number of nitrogens with one attached hydrogen (secondary N) is 1. The van der Waals surface area contributed by atoms with E-state index < -0.39 is 10.0 Å². The number of carbonyl (C=O) groups is 1. The van der Waals surface area contributed by atoms with E-state index >= 15 is 0 Å². The van der Waals surface area contributed by atoms with Crippen LogP contribution in [-0.4, -0.2) is 37.8 Å². The molecule has 0 saturated carbocycles. The molecule has 0 spiro atoms. The molecule has 1 aromatic carbocycles. The lowest BCUT2D eigenvalue weighted by molar-refractivity contribution is 0.0949. The van der Waals surface area contributed by atoms with Gasteiger partial charge in [0.25, 0.3) is 15.9 Å². The molecule has 1 atom stereocenters. The lowest BCUT2D eigenvalue weighted by Gasteiger charge is -2.34. The van der Waals surface area contributed by atoms with Crippen LogP contribution in [0, 0.1) is 11.3 Å². The van der Waals surface area contributed by atoms with E-state index in [4.69, 9.17) is 5.26 Å².